The summed E-state index contributed by atoms with van der Waals surface area (Å²) in [6.45, 7) is 4.37. The number of nitrogens with zero attached hydrogens (tertiary/aromatic N) is 5. The lowest BCUT2D eigenvalue weighted by Crippen LogP contribution is -2.43. The second kappa shape index (κ2) is 14.8. The Morgan fingerprint density at radius 2 is 1.68 bits per heavy atom. The molecule has 4 heterocycles. The van der Waals surface area contributed by atoms with E-state index in [0.717, 1.165) is 28.8 Å². The molecule has 50 heavy (non-hydrogen) atoms. The SMILES string of the molecule is COC[C@@H]1C[C@@H](c2ccc(C(F)(F)F)cc2N2CCC(C(=O)OC)CC2)CN1C(=O)[C@@H]1CN(c2ccnc(C)n2)C[C@H]1c1ccc(OC)cc1. The maximum Gasteiger partial charge on any atom is 0.416 e. The molecular weight excluding hydrogens is 651 g/mol. The molecule has 268 valence electrons. The molecule has 3 aliphatic rings. The zero-order chi connectivity index (χ0) is 35.6. The van der Waals surface area contributed by atoms with E-state index in [0.29, 0.717) is 70.1 Å². The minimum Gasteiger partial charge on any atom is -0.497 e. The summed E-state index contributed by atoms with van der Waals surface area (Å²) in [6.07, 6.45) is -1.28. The van der Waals surface area contributed by atoms with Crippen LogP contribution in [0.2, 0.25) is 0 Å². The highest BCUT2D eigenvalue weighted by molar-refractivity contribution is 5.82. The Bertz CT molecular complexity index is 1660. The van der Waals surface area contributed by atoms with E-state index in [1.165, 1.54) is 13.2 Å². The first-order chi connectivity index (χ1) is 24.0. The Morgan fingerprint density at radius 1 is 0.940 bits per heavy atom. The third-order valence-electron chi connectivity index (χ3n) is 10.5. The molecule has 10 nitrogen and oxygen atoms in total. The molecule has 3 saturated heterocycles. The van der Waals surface area contributed by atoms with E-state index in [4.69, 9.17) is 14.2 Å². The van der Waals surface area contributed by atoms with Crippen molar-refractivity contribution >= 4 is 23.4 Å². The van der Waals surface area contributed by atoms with Gasteiger partial charge in [-0.15, -0.1) is 0 Å². The van der Waals surface area contributed by atoms with E-state index >= 15 is 0 Å². The van der Waals surface area contributed by atoms with E-state index in [9.17, 15) is 22.8 Å². The molecule has 0 bridgehead atoms. The van der Waals surface area contributed by atoms with Gasteiger partial charge >= 0.3 is 12.1 Å². The summed E-state index contributed by atoms with van der Waals surface area (Å²) in [5.41, 5.74) is 1.55. The van der Waals surface area contributed by atoms with Gasteiger partial charge in [0.2, 0.25) is 5.91 Å². The number of alkyl halides is 3. The number of methoxy groups -OCH3 is 3. The Kier molecular flexibility index (Phi) is 10.5. The van der Waals surface area contributed by atoms with E-state index in [1.807, 2.05) is 47.1 Å². The summed E-state index contributed by atoms with van der Waals surface area (Å²) in [6, 6.07) is 13.3. The first kappa shape index (κ1) is 35.4. The summed E-state index contributed by atoms with van der Waals surface area (Å²) >= 11 is 0. The lowest BCUT2D eigenvalue weighted by atomic mass is 9.87. The molecule has 13 heteroatoms. The van der Waals surface area contributed by atoms with Crippen LogP contribution in [0.4, 0.5) is 24.7 Å². The molecule has 0 aliphatic carbocycles. The molecule has 6 rings (SSSR count). The van der Waals surface area contributed by atoms with Gasteiger partial charge in [-0.2, -0.15) is 13.2 Å². The van der Waals surface area contributed by atoms with E-state index in [1.54, 1.807) is 26.5 Å². The number of aromatic nitrogens is 2. The number of halogens is 3. The summed E-state index contributed by atoms with van der Waals surface area (Å²) in [4.78, 5) is 41.8. The number of benzene rings is 2. The quantitative estimate of drug-likeness (QED) is 0.271. The number of likely N-dealkylation sites (tertiary alicyclic amines) is 1. The molecule has 0 saturated carbocycles. The molecule has 4 atom stereocenters. The fraction of sp³-hybridized carbons (Fsp3) is 0.514. The van der Waals surface area contributed by atoms with Crippen LogP contribution >= 0.6 is 0 Å². The van der Waals surface area contributed by atoms with Crippen LogP contribution in [0, 0.1) is 18.8 Å². The Balaban J connectivity index is 1.30. The van der Waals surface area contributed by atoms with Crippen molar-refractivity contribution in [3.8, 4) is 5.75 Å². The number of aryl methyl sites for hydroxylation is 1. The fourth-order valence-corrected chi connectivity index (χ4v) is 7.89. The largest absolute Gasteiger partial charge is 0.497 e. The third kappa shape index (κ3) is 7.38. The molecule has 2 aromatic carbocycles. The Morgan fingerprint density at radius 3 is 2.32 bits per heavy atom. The van der Waals surface area contributed by atoms with Crippen molar-refractivity contribution < 1.29 is 37.0 Å². The zero-order valence-electron chi connectivity index (χ0n) is 28.9. The molecule has 0 spiro atoms. The first-order valence-corrected chi connectivity index (χ1v) is 17.0. The number of carbonyl (C=O) groups is 2. The molecule has 1 amide bonds. The standard InChI is InChI=1S/C37H44F3N5O5/c1-23-41-14-11-34(42-23)44-20-31(24-5-8-29(49-3)9-6-24)32(21-44)35(46)45-19-26(17-28(45)22-48-2)30-10-7-27(37(38,39)40)18-33(30)43-15-12-25(13-16-43)36(47)50-4/h5-11,14,18,25-26,28,31-32H,12-13,15-17,19-22H2,1-4H3/t26-,28+,31+,32-/m1/s1. The summed E-state index contributed by atoms with van der Waals surface area (Å²) in [5, 5.41) is 0. The van der Waals surface area contributed by atoms with Crippen molar-refractivity contribution in [3.63, 3.8) is 0 Å². The van der Waals surface area contributed by atoms with E-state index < -0.39 is 17.7 Å². The molecule has 0 N–H and O–H groups in total. The van der Waals surface area contributed by atoms with Crippen molar-refractivity contribution in [3.05, 3.63) is 77.2 Å². The molecule has 3 fully saturated rings. The molecule has 3 aromatic rings. The van der Waals surface area contributed by atoms with Gasteiger partial charge < -0.3 is 28.9 Å². The van der Waals surface area contributed by atoms with Gasteiger partial charge in [0.15, 0.2) is 0 Å². The van der Waals surface area contributed by atoms with Crippen LogP contribution in [0.1, 0.15) is 53.6 Å². The number of hydrogen-bond donors (Lipinski definition) is 0. The number of piperidine rings is 1. The van der Waals surface area contributed by atoms with Crippen LogP contribution in [-0.2, 0) is 25.2 Å². The lowest BCUT2D eigenvalue weighted by Gasteiger charge is -2.35. The minimum absolute atomic E-state index is 0.0176. The van der Waals surface area contributed by atoms with Crippen molar-refractivity contribution in [2.45, 2.75) is 50.2 Å². The lowest BCUT2D eigenvalue weighted by molar-refractivity contribution is -0.146. The maximum absolute atomic E-state index is 14.7. The summed E-state index contributed by atoms with van der Waals surface area (Å²) in [7, 11) is 4.56. The van der Waals surface area contributed by atoms with E-state index in [-0.39, 0.29) is 35.7 Å². The Labute approximate surface area is 290 Å². The second-order valence-electron chi connectivity index (χ2n) is 13.4. The monoisotopic (exact) mass is 695 g/mol. The van der Waals surface area contributed by atoms with Gasteiger partial charge in [0.1, 0.15) is 17.4 Å². The number of rotatable bonds is 9. The number of hydrogen-bond acceptors (Lipinski definition) is 9. The molecule has 1 aromatic heterocycles. The molecular formula is C37H44F3N5O5. The van der Waals surface area contributed by atoms with E-state index in [2.05, 4.69) is 14.9 Å². The van der Waals surface area contributed by atoms with Crippen LogP contribution in [0.3, 0.4) is 0 Å². The molecule has 0 radical (unpaired) electrons. The first-order valence-electron chi connectivity index (χ1n) is 17.0. The van der Waals surface area contributed by atoms with Gasteiger partial charge in [-0.05, 0) is 67.6 Å². The van der Waals surface area contributed by atoms with Crippen LogP contribution in [0.5, 0.6) is 5.75 Å². The van der Waals surface area contributed by atoms with Gasteiger partial charge in [-0.1, -0.05) is 18.2 Å². The smallest absolute Gasteiger partial charge is 0.416 e. The van der Waals surface area contributed by atoms with Crippen molar-refractivity contribution in [1.29, 1.82) is 0 Å². The average Bonchev–Trinajstić information content (AvgIpc) is 3.76. The van der Waals surface area contributed by atoms with Crippen LogP contribution in [0.15, 0.2) is 54.7 Å². The highest BCUT2D eigenvalue weighted by Gasteiger charge is 2.46. The van der Waals surface area contributed by atoms with Gasteiger partial charge in [0, 0.05) is 63.6 Å². The number of ether oxygens (including phenoxy) is 3. The topological polar surface area (TPSA) is 97.3 Å². The number of carbonyl (C=O) groups excluding carboxylic acids is 2. The molecule has 0 unspecified atom stereocenters. The van der Waals surface area contributed by atoms with Crippen LogP contribution < -0.4 is 14.5 Å². The van der Waals surface area contributed by atoms with Crippen LogP contribution in [-0.4, -0.2) is 93.4 Å². The van der Waals surface area contributed by atoms with Crippen molar-refractivity contribution in [2.24, 2.45) is 11.8 Å². The highest BCUT2D eigenvalue weighted by atomic mass is 19.4. The van der Waals surface area contributed by atoms with Crippen molar-refractivity contribution in [1.82, 2.24) is 14.9 Å². The van der Waals surface area contributed by atoms with Gasteiger partial charge in [0.25, 0.3) is 0 Å². The highest BCUT2D eigenvalue weighted by Crippen LogP contribution is 2.44. The average molecular weight is 696 g/mol. The zero-order valence-corrected chi connectivity index (χ0v) is 28.9. The van der Waals surface area contributed by atoms with Gasteiger partial charge in [0.05, 0.1) is 44.3 Å². The third-order valence-corrected chi connectivity index (χ3v) is 10.5. The molecule has 3 aliphatic heterocycles. The van der Waals surface area contributed by atoms with Gasteiger partial charge in [-0.25, -0.2) is 9.97 Å². The summed E-state index contributed by atoms with van der Waals surface area (Å²) < 4.78 is 57.9. The number of amides is 1. The minimum atomic E-state index is -4.51. The normalized spacial score (nSPS) is 23.0. The fourth-order valence-electron chi connectivity index (χ4n) is 7.89. The Hall–Kier alpha value is -4.39. The predicted molar refractivity (Wildman–Crippen MR) is 181 cm³/mol. The predicted octanol–water partition coefficient (Wildman–Crippen LogP) is 5.45. The summed E-state index contributed by atoms with van der Waals surface area (Å²) in [5.74, 6) is 0.771. The number of esters is 1. The second-order valence-corrected chi connectivity index (χ2v) is 13.4. The maximum atomic E-state index is 14.7. The number of anilines is 2. The van der Waals surface area contributed by atoms with Gasteiger partial charge in [-0.3, -0.25) is 9.59 Å². The van der Waals surface area contributed by atoms with Crippen LogP contribution in [0.25, 0.3) is 0 Å². The van der Waals surface area contributed by atoms with Crippen molar-refractivity contribution in [2.75, 3.05) is 70.5 Å².